The number of amides is 2. The molecule has 2 saturated heterocycles. The first-order valence-electron chi connectivity index (χ1n) is 8.61. The molecule has 122 valence electrons. The Hall–Kier alpha value is -0.810. The third-order valence-corrected chi connectivity index (χ3v) is 4.72. The van der Waals surface area contributed by atoms with Gasteiger partial charge >= 0.3 is 6.03 Å². The molecule has 0 radical (unpaired) electrons. The van der Waals surface area contributed by atoms with Gasteiger partial charge in [0, 0.05) is 31.8 Å². The van der Waals surface area contributed by atoms with E-state index >= 15 is 0 Å². The van der Waals surface area contributed by atoms with E-state index < -0.39 is 0 Å². The molecule has 5 heteroatoms. The quantitative estimate of drug-likeness (QED) is 0.786. The van der Waals surface area contributed by atoms with Gasteiger partial charge in [-0.25, -0.2) is 4.79 Å². The summed E-state index contributed by atoms with van der Waals surface area (Å²) < 4.78 is 0. The molecule has 2 amide bonds. The molecule has 0 aromatic heterocycles. The van der Waals surface area contributed by atoms with Gasteiger partial charge < -0.3 is 20.2 Å². The molecule has 2 heterocycles. The number of nitrogens with zero attached hydrogens (tertiary/aromatic N) is 2. The molecule has 2 aliphatic rings. The summed E-state index contributed by atoms with van der Waals surface area (Å²) in [5.41, 5.74) is 0. The highest BCUT2D eigenvalue weighted by molar-refractivity contribution is 5.75. The standard InChI is InChI=1S/C16H31N3O2/c1-14(7-6-12-20)17-16(21)19-11-5-8-15(19)13-18-9-3-2-4-10-18/h14-15,20H,2-13H2,1H3,(H,17,21). The van der Waals surface area contributed by atoms with Crippen LogP contribution in [-0.4, -0.2) is 65.8 Å². The van der Waals surface area contributed by atoms with Gasteiger partial charge in [0.1, 0.15) is 0 Å². The van der Waals surface area contributed by atoms with Crippen LogP contribution in [0.25, 0.3) is 0 Å². The van der Waals surface area contributed by atoms with E-state index in [1.807, 2.05) is 11.8 Å². The molecule has 21 heavy (non-hydrogen) atoms. The number of rotatable bonds is 6. The monoisotopic (exact) mass is 297 g/mol. The summed E-state index contributed by atoms with van der Waals surface area (Å²) in [6.07, 6.45) is 7.80. The molecule has 0 aliphatic carbocycles. The van der Waals surface area contributed by atoms with Gasteiger partial charge in [0.05, 0.1) is 0 Å². The Morgan fingerprint density at radius 3 is 2.71 bits per heavy atom. The minimum atomic E-state index is 0.0833. The number of aliphatic hydroxyl groups is 1. The van der Waals surface area contributed by atoms with Crippen molar-refractivity contribution in [1.82, 2.24) is 15.1 Å². The van der Waals surface area contributed by atoms with Crippen molar-refractivity contribution in [3.8, 4) is 0 Å². The Bertz CT molecular complexity index is 319. The van der Waals surface area contributed by atoms with Gasteiger partial charge in [-0.05, 0) is 58.5 Å². The zero-order valence-electron chi connectivity index (χ0n) is 13.4. The number of hydrogen-bond acceptors (Lipinski definition) is 3. The number of nitrogens with one attached hydrogen (secondary N) is 1. The third-order valence-electron chi connectivity index (χ3n) is 4.72. The summed E-state index contributed by atoms with van der Waals surface area (Å²) in [7, 11) is 0. The van der Waals surface area contributed by atoms with Gasteiger partial charge in [-0.1, -0.05) is 6.42 Å². The van der Waals surface area contributed by atoms with Crippen LogP contribution >= 0.6 is 0 Å². The number of urea groups is 1. The van der Waals surface area contributed by atoms with Gasteiger partial charge in [0.15, 0.2) is 0 Å². The number of carbonyl (C=O) groups excluding carboxylic acids is 1. The van der Waals surface area contributed by atoms with E-state index in [0.29, 0.717) is 6.04 Å². The van der Waals surface area contributed by atoms with E-state index in [4.69, 9.17) is 5.11 Å². The van der Waals surface area contributed by atoms with Gasteiger partial charge in [-0.2, -0.15) is 0 Å². The highest BCUT2D eigenvalue weighted by Gasteiger charge is 2.30. The fraction of sp³-hybridized carbons (Fsp3) is 0.938. The normalized spacial score (nSPS) is 25.0. The molecular formula is C16H31N3O2. The minimum Gasteiger partial charge on any atom is -0.396 e. The molecule has 0 bridgehead atoms. The molecule has 2 unspecified atom stereocenters. The zero-order chi connectivity index (χ0) is 15.1. The van der Waals surface area contributed by atoms with Gasteiger partial charge in [-0.3, -0.25) is 0 Å². The summed E-state index contributed by atoms with van der Waals surface area (Å²) in [4.78, 5) is 17.0. The van der Waals surface area contributed by atoms with Crippen LogP contribution in [0.2, 0.25) is 0 Å². The molecule has 2 rings (SSSR count). The van der Waals surface area contributed by atoms with Crippen molar-refractivity contribution in [3.63, 3.8) is 0 Å². The van der Waals surface area contributed by atoms with E-state index in [1.165, 1.54) is 32.4 Å². The summed E-state index contributed by atoms with van der Waals surface area (Å²) in [6, 6.07) is 0.606. The van der Waals surface area contributed by atoms with Crippen molar-refractivity contribution in [2.75, 3.05) is 32.8 Å². The molecule has 0 saturated carbocycles. The lowest BCUT2D eigenvalue weighted by Gasteiger charge is -2.33. The zero-order valence-corrected chi connectivity index (χ0v) is 13.4. The lowest BCUT2D eigenvalue weighted by molar-refractivity contribution is 0.151. The molecule has 0 spiro atoms. The maximum Gasteiger partial charge on any atom is 0.317 e. The SMILES string of the molecule is CC(CCCO)NC(=O)N1CCCC1CN1CCCCC1. The number of likely N-dealkylation sites (tertiary alicyclic amines) is 2. The smallest absolute Gasteiger partial charge is 0.317 e. The fourth-order valence-electron chi connectivity index (χ4n) is 3.50. The van der Waals surface area contributed by atoms with Crippen LogP contribution in [0, 0.1) is 0 Å². The van der Waals surface area contributed by atoms with Crippen LogP contribution in [0.5, 0.6) is 0 Å². The average Bonchev–Trinajstić information content (AvgIpc) is 2.94. The van der Waals surface area contributed by atoms with E-state index in [9.17, 15) is 4.79 Å². The predicted molar refractivity (Wildman–Crippen MR) is 84.3 cm³/mol. The summed E-state index contributed by atoms with van der Waals surface area (Å²) in [5.74, 6) is 0. The molecule has 0 aromatic rings. The Balaban J connectivity index is 1.78. The first-order valence-corrected chi connectivity index (χ1v) is 8.61. The third kappa shape index (κ3) is 5.15. The Labute approximate surface area is 128 Å². The summed E-state index contributed by atoms with van der Waals surface area (Å²) in [5, 5.41) is 11.9. The highest BCUT2D eigenvalue weighted by atomic mass is 16.3. The van der Waals surface area contributed by atoms with Crippen molar-refractivity contribution < 1.29 is 9.90 Å². The van der Waals surface area contributed by atoms with Crippen LogP contribution in [0.15, 0.2) is 0 Å². The van der Waals surface area contributed by atoms with E-state index in [0.717, 1.165) is 38.8 Å². The largest absolute Gasteiger partial charge is 0.396 e. The van der Waals surface area contributed by atoms with Crippen LogP contribution in [0.1, 0.15) is 51.9 Å². The Kier molecular flexibility index (Phi) is 6.77. The molecule has 2 fully saturated rings. The minimum absolute atomic E-state index is 0.0833. The van der Waals surface area contributed by atoms with Crippen LogP contribution in [0.4, 0.5) is 4.79 Å². The average molecular weight is 297 g/mol. The lowest BCUT2D eigenvalue weighted by Crippen LogP contribution is -2.50. The Morgan fingerprint density at radius 2 is 2.00 bits per heavy atom. The van der Waals surface area contributed by atoms with Gasteiger partial charge in [-0.15, -0.1) is 0 Å². The van der Waals surface area contributed by atoms with E-state index in [-0.39, 0.29) is 18.7 Å². The van der Waals surface area contributed by atoms with Gasteiger partial charge in [0.25, 0.3) is 0 Å². The molecule has 2 N–H and O–H groups in total. The second-order valence-corrected chi connectivity index (χ2v) is 6.57. The molecular weight excluding hydrogens is 266 g/mol. The van der Waals surface area contributed by atoms with E-state index in [1.54, 1.807) is 0 Å². The molecule has 2 atom stereocenters. The summed E-state index contributed by atoms with van der Waals surface area (Å²) >= 11 is 0. The van der Waals surface area contributed by atoms with Crippen LogP contribution in [-0.2, 0) is 0 Å². The van der Waals surface area contributed by atoms with Crippen molar-refractivity contribution >= 4 is 6.03 Å². The van der Waals surface area contributed by atoms with Crippen molar-refractivity contribution in [3.05, 3.63) is 0 Å². The molecule has 0 aromatic carbocycles. The highest BCUT2D eigenvalue weighted by Crippen LogP contribution is 2.20. The van der Waals surface area contributed by atoms with Crippen molar-refractivity contribution in [2.24, 2.45) is 0 Å². The fourth-order valence-corrected chi connectivity index (χ4v) is 3.50. The van der Waals surface area contributed by atoms with Crippen LogP contribution in [0.3, 0.4) is 0 Å². The Morgan fingerprint density at radius 1 is 1.24 bits per heavy atom. The van der Waals surface area contributed by atoms with Crippen molar-refractivity contribution in [2.45, 2.75) is 64.0 Å². The van der Waals surface area contributed by atoms with E-state index in [2.05, 4.69) is 10.2 Å². The lowest BCUT2D eigenvalue weighted by atomic mass is 10.1. The second kappa shape index (κ2) is 8.59. The molecule has 2 aliphatic heterocycles. The topological polar surface area (TPSA) is 55.8 Å². The molecule has 5 nitrogen and oxygen atoms in total. The number of piperidine rings is 1. The predicted octanol–water partition coefficient (Wildman–Crippen LogP) is 1.81. The maximum absolute atomic E-state index is 12.4. The maximum atomic E-state index is 12.4. The van der Waals surface area contributed by atoms with Gasteiger partial charge in [0.2, 0.25) is 0 Å². The summed E-state index contributed by atoms with van der Waals surface area (Å²) in [6.45, 7) is 6.53. The van der Waals surface area contributed by atoms with Crippen LogP contribution < -0.4 is 5.32 Å². The second-order valence-electron chi connectivity index (χ2n) is 6.57. The first kappa shape index (κ1) is 16.6. The number of hydrogen-bond donors (Lipinski definition) is 2. The van der Waals surface area contributed by atoms with Crippen molar-refractivity contribution in [1.29, 1.82) is 0 Å². The number of carbonyl (C=O) groups is 1. The number of aliphatic hydroxyl groups excluding tert-OH is 1. The first-order chi connectivity index (χ1) is 10.2.